The Bertz CT molecular complexity index is 1050. The molecule has 2 rings (SSSR count). The minimum absolute atomic E-state index is 0.0130. The van der Waals surface area contributed by atoms with E-state index >= 15 is 0 Å². The van der Waals surface area contributed by atoms with Crippen molar-refractivity contribution < 1.29 is 38.0 Å². The predicted molar refractivity (Wildman–Crippen MR) is 151 cm³/mol. The summed E-state index contributed by atoms with van der Waals surface area (Å²) >= 11 is 25.9. The van der Waals surface area contributed by atoms with Crippen LogP contribution in [0.1, 0.15) is 25.0 Å². The highest BCUT2D eigenvalue weighted by molar-refractivity contribution is 6.38. The number of rotatable bonds is 14. The number of hydrogen-bond acceptors (Lipinski definition) is 8. The molecule has 2 aromatic carbocycles. The van der Waals surface area contributed by atoms with Gasteiger partial charge in [-0.1, -0.05) is 85.6 Å². The van der Waals surface area contributed by atoms with Crippen molar-refractivity contribution in [1.82, 2.24) is 0 Å². The first-order chi connectivity index (χ1) is 18.5. The number of ether oxygens (including phenoxy) is 6. The molecule has 0 spiro atoms. The summed E-state index contributed by atoms with van der Waals surface area (Å²) in [6.45, 7) is 10.8. The third-order valence-corrected chi connectivity index (χ3v) is 6.30. The van der Waals surface area contributed by atoms with Crippen LogP contribution in [0, 0.1) is 0 Å². The Labute approximate surface area is 247 Å². The van der Waals surface area contributed by atoms with Crippen molar-refractivity contribution in [3.63, 3.8) is 0 Å². The molecule has 0 N–H and O–H groups in total. The Kier molecular flexibility index (Phi) is 13.1. The highest BCUT2D eigenvalue weighted by atomic mass is 35.5. The molecule has 39 heavy (non-hydrogen) atoms. The molecule has 0 saturated heterocycles. The standard InChI is InChI=1S/C27H28Cl4O8/c1-5-7-36-25(32)38-11-9-34-23-19(28)13-17(14-20(23)29)27(3,4)18-15-21(30)24(22(31)16-18)35-10-12-39-26(33)37-8-6-2/h5-6,13-16H,1-2,7-12H2,3-4H3. The molecule has 0 aliphatic carbocycles. The number of carbonyl (C=O) groups is 2. The second kappa shape index (κ2) is 15.7. The van der Waals surface area contributed by atoms with Crippen LogP contribution in [0.2, 0.25) is 20.1 Å². The van der Waals surface area contributed by atoms with E-state index in [1.165, 1.54) is 12.2 Å². The topological polar surface area (TPSA) is 89.5 Å². The van der Waals surface area contributed by atoms with E-state index in [1.807, 2.05) is 13.8 Å². The van der Waals surface area contributed by atoms with Crippen molar-refractivity contribution >= 4 is 58.7 Å². The first-order valence-corrected chi connectivity index (χ1v) is 13.1. The average molecular weight is 622 g/mol. The van der Waals surface area contributed by atoms with Crippen LogP contribution in [0.5, 0.6) is 11.5 Å². The van der Waals surface area contributed by atoms with Crippen molar-refractivity contribution in [2.45, 2.75) is 19.3 Å². The highest BCUT2D eigenvalue weighted by Gasteiger charge is 2.28. The Morgan fingerprint density at radius 1 is 0.667 bits per heavy atom. The molecule has 0 radical (unpaired) electrons. The average Bonchev–Trinajstić information content (AvgIpc) is 2.88. The molecular formula is C27H28Cl4O8. The number of hydrogen-bond donors (Lipinski definition) is 0. The summed E-state index contributed by atoms with van der Waals surface area (Å²) in [5.41, 5.74) is 0.899. The van der Waals surface area contributed by atoms with Crippen molar-refractivity contribution in [3.8, 4) is 11.5 Å². The summed E-state index contributed by atoms with van der Waals surface area (Å²) in [7, 11) is 0. The second-order valence-electron chi connectivity index (χ2n) is 8.26. The van der Waals surface area contributed by atoms with Gasteiger partial charge in [0, 0.05) is 5.41 Å². The van der Waals surface area contributed by atoms with Crippen LogP contribution in [0.3, 0.4) is 0 Å². The third kappa shape index (κ3) is 9.72. The van der Waals surface area contributed by atoms with Gasteiger partial charge in [-0.3, -0.25) is 0 Å². The van der Waals surface area contributed by atoms with E-state index in [-0.39, 0.29) is 71.2 Å². The Balaban J connectivity index is 2.07. The van der Waals surface area contributed by atoms with Crippen LogP contribution in [-0.2, 0) is 24.4 Å². The molecule has 0 aliphatic heterocycles. The quantitative estimate of drug-likeness (QED) is 0.119. The minimum Gasteiger partial charge on any atom is -0.487 e. The maximum atomic E-state index is 11.4. The van der Waals surface area contributed by atoms with Crippen molar-refractivity contribution in [1.29, 1.82) is 0 Å². The van der Waals surface area contributed by atoms with E-state index in [0.717, 1.165) is 11.1 Å². The fraction of sp³-hybridized carbons (Fsp3) is 0.333. The molecule has 0 saturated carbocycles. The van der Waals surface area contributed by atoms with Crippen molar-refractivity contribution in [2.24, 2.45) is 0 Å². The molecule has 12 heteroatoms. The zero-order chi connectivity index (χ0) is 29.0. The summed E-state index contributed by atoms with van der Waals surface area (Å²) in [5.74, 6) is 0.493. The van der Waals surface area contributed by atoms with Crippen molar-refractivity contribution in [3.05, 3.63) is 80.8 Å². The van der Waals surface area contributed by atoms with E-state index in [1.54, 1.807) is 24.3 Å². The monoisotopic (exact) mass is 620 g/mol. The molecule has 2 aromatic rings. The van der Waals surface area contributed by atoms with Crippen LogP contribution in [0.15, 0.2) is 49.6 Å². The predicted octanol–water partition coefficient (Wildman–Crippen LogP) is 8.06. The molecule has 212 valence electrons. The molecule has 0 heterocycles. The fourth-order valence-electron chi connectivity index (χ4n) is 3.16. The van der Waals surface area contributed by atoms with Gasteiger partial charge in [0.05, 0.1) is 20.1 Å². The van der Waals surface area contributed by atoms with Gasteiger partial charge in [-0.2, -0.15) is 0 Å². The first-order valence-electron chi connectivity index (χ1n) is 11.6. The van der Waals surface area contributed by atoms with Crippen LogP contribution in [0.25, 0.3) is 0 Å². The SMILES string of the molecule is C=CCOC(=O)OCCOc1c(Cl)cc(C(C)(C)c2cc(Cl)c(OCCOC(=O)OCC=C)c(Cl)c2)cc1Cl. The summed E-state index contributed by atoms with van der Waals surface area (Å²) in [6, 6.07) is 6.88. The largest absolute Gasteiger partial charge is 0.508 e. The van der Waals surface area contributed by atoms with Gasteiger partial charge in [0.2, 0.25) is 0 Å². The second-order valence-corrected chi connectivity index (χ2v) is 9.89. The van der Waals surface area contributed by atoms with E-state index in [2.05, 4.69) is 13.2 Å². The summed E-state index contributed by atoms with van der Waals surface area (Å²) in [6.07, 6.45) is 1.18. The molecule has 0 amide bonds. The molecule has 0 atom stereocenters. The lowest BCUT2D eigenvalue weighted by molar-refractivity contribution is 0.0526. The zero-order valence-corrected chi connectivity index (χ0v) is 24.4. The summed E-state index contributed by atoms with van der Waals surface area (Å²) in [5, 5.41) is 1.07. The van der Waals surface area contributed by atoms with Crippen LogP contribution >= 0.6 is 46.4 Å². The number of halogens is 4. The first kappa shape index (κ1) is 32.4. The van der Waals surface area contributed by atoms with Crippen LogP contribution < -0.4 is 9.47 Å². The summed E-state index contributed by atoms with van der Waals surface area (Å²) in [4.78, 5) is 22.8. The molecule has 0 fully saturated rings. The van der Waals surface area contributed by atoms with Crippen LogP contribution in [0.4, 0.5) is 9.59 Å². The van der Waals surface area contributed by atoms with Gasteiger partial charge < -0.3 is 28.4 Å². The fourth-order valence-corrected chi connectivity index (χ4v) is 4.35. The zero-order valence-electron chi connectivity index (χ0n) is 21.4. The smallest absolute Gasteiger partial charge is 0.487 e. The number of benzene rings is 2. The van der Waals surface area contributed by atoms with Gasteiger partial charge in [-0.05, 0) is 35.4 Å². The van der Waals surface area contributed by atoms with Crippen molar-refractivity contribution in [2.75, 3.05) is 39.6 Å². The minimum atomic E-state index is -0.834. The highest BCUT2D eigenvalue weighted by Crippen LogP contribution is 2.43. The maximum absolute atomic E-state index is 11.4. The lowest BCUT2D eigenvalue weighted by atomic mass is 9.78. The lowest BCUT2D eigenvalue weighted by Gasteiger charge is -2.28. The van der Waals surface area contributed by atoms with Gasteiger partial charge in [-0.15, -0.1) is 0 Å². The molecule has 0 aromatic heterocycles. The van der Waals surface area contributed by atoms with Gasteiger partial charge in [-0.25, -0.2) is 9.59 Å². The lowest BCUT2D eigenvalue weighted by Crippen LogP contribution is -2.20. The molecule has 0 unspecified atom stereocenters. The molecule has 0 aliphatic rings. The normalized spacial score (nSPS) is 10.8. The van der Waals surface area contributed by atoms with E-state index in [0.29, 0.717) is 0 Å². The van der Waals surface area contributed by atoms with E-state index < -0.39 is 17.7 Å². The molecular weight excluding hydrogens is 594 g/mol. The van der Waals surface area contributed by atoms with Gasteiger partial charge >= 0.3 is 12.3 Å². The van der Waals surface area contributed by atoms with E-state index in [4.69, 9.17) is 74.8 Å². The van der Waals surface area contributed by atoms with Gasteiger partial charge in [0.25, 0.3) is 0 Å². The third-order valence-electron chi connectivity index (χ3n) is 5.18. The Hall–Kier alpha value is -2.78. The summed E-state index contributed by atoms with van der Waals surface area (Å²) < 4.78 is 30.4. The number of carbonyl (C=O) groups excluding carboxylic acids is 2. The maximum Gasteiger partial charge on any atom is 0.508 e. The Morgan fingerprint density at radius 3 is 1.31 bits per heavy atom. The molecule has 0 bridgehead atoms. The van der Waals surface area contributed by atoms with Gasteiger partial charge in [0.1, 0.15) is 39.6 Å². The van der Waals surface area contributed by atoms with E-state index in [9.17, 15) is 9.59 Å². The Morgan fingerprint density at radius 2 is 1.00 bits per heavy atom. The van der Waals surface area contributed by atoms with Gasteiger partial charge in [0.15, 0.2) is 11.5 Å². The van der Waals surface area contributed by atoms with Crippen LogP contribution in [-0.4, -0.2) is 52.0 Å². The molecule has 8 nitrogen and oxygen atoms in total.